The SMILES string of the molecule is O=C1C[C@](CC(=O)N2CCC[C@H]2c2nccs2)(c2cccc(F)c2)C(=O)N1Cc1cccnc1. The first-order valence-electron chi connectivity index (χ1n) is 11.2. The molecule has 34 heavy (non-hydrogen) atoms. The summed E-state index contributed by atoms with van der Waals surface area (Å²) in [7, 11) is 0. The number of benzene rings is 1. The molecule has 2 saturated heterocycles. The molecular formula is C25H23FN4O3S. The number of amides is 3. The minimum absolute atomic E-state index is 0.0578. The van der Waals surface area contributed by atoms with Gasteiger partial charge in [-0.2, -0.15) is 0 Å². The molecule has 0 N–H and O–H groups in total. The molecular weight excluding hydrogens is 455 g/mol. The topological polar surface area (TPSA) is 83.5 Å². The summed E-state index contributed by atoms with van der Waals surface area (Å²) in [6.45, 7) is 0.617. The summed E-state index contributed by atoms with van der Waals surface area (Å²) >= 11 is 1.49. The van der Waals surface area contributed by atoms with Gasteiger partial charge in [-0.05, 0) is 42.2 Å². The lowest BCUT2D eigenvalue weighted by Crippen LogP contribution is -2.43. The van der Waals surface area contributed by atoms with E-state index in [9.17, 15) is 18.8 Å². The highest BCUT2D eigenvalue weighted by Gasteiger charge is 2.54. The Kier molecular flexibility index (Phi) is 5.95. The van der Waals surface area contributed by atoms with E-state index in [1.54, 1.807) is 41.7 Å². The minimum atomic E-state index is -1.45. The number of nitrogens with zero attached hydrogens (tertiary/aromatic N) is 4. The molecule has 7 nitrogen and oxygen atoms in total. The molecule has 0 bridgehead atoms. The summed E-state index contributed by atoms with van der Waals surface area (Å²) in [5, 5.41) is 2.73. The van der Waals surface area contributed by atoms with Gasteiger partial charge < -0.3 is 4.90 Å². The summed E-state index contributed by atoms with van der Waals surface area (Å²) in [6, 6.07) is 9.04. The van der Waals surface area contributed by atoms with Crippen molar-refractivity contribution in [3.8, 4) is 0 Å². The van der Waals surface area contributed by atoms with Crippen LogP contribution in [0.3, 0.4) is 0 Å². The molecule has 0 aliphatic carbocycles. The second-order valence-corrected chi connectivity index (χ2v) is 9.63. The van der Waals surface area contributed by atoms with Gasteiger partial charge in [0.1, 0.15) is 10.8 Å². The lowest BCUT2D eigenvalue weighted by molar-refractivity contribution is -0.143. The average molecular weight is 479 g/mol. The normalized spacial score (nSPS) is 22.6. The van der Waals surface area contributed by atoms with Crippen LogP contribution < -0.4 is 0 Å². The van der Waals surface area contributed by atoms with E-state index in [1.807, 2.05) is 5.38 Å². The number of halogens is 1. The number of hydrogen-bond acceptors (Lipinski definition) is 6. The van der Waals surface area contributed by atoms with E-state index in [0.717, 1.165) is 22.7 Å². The van der Waals surface area contributed by atoms with Gasteiger partial charge in [0.25, 0.3) is 0 Å². The monoisotopic (exact) mass is 478 g/mol. The minimum Gasteiger partial charge on any atom is -0.333 e. The Morgan fingerprint density at radius 3 is 2.82 bits per heavy atom. The highest BCUT2D eigenvalue weighted by atomic mass is 32.1. The number of rotatable bonds is 6. The molecule has 2 aliphatic rings. The maximum Gasteiger partial charge on any atom is 0.241 e. The van der Waals surface area contributed by atoms with Crippen molar-refractivity contribution in [1.82, 2.24) is 19.8 Å². The fourth-order valence-corrected chi connectivity index (χ4v) is 5.75. The molecule has 3 amide bonds. The third-order valence-corrected chi connectivity index (χ3v) is 7.49. The maximum absolute atomic E-state index is 14.2. The van der Waals surface area contributed by atoms with Crippen LogP contribution in [0.5, 0.6) is 0 Å². The molecule has 5 rings (SSSR count). The van der Waals surface area contributed by atoms with Crippen molar-refractivity contribution in [2.24, 2.45) is 0 Å². The van der Waals surface area contributed by atoms with E-state index >= 15 is 0 Å². The highest BCUT2D eigenvalue weighted by Crippen LogP contribution is 2.43. The van der Waals surface area contributed by atoms with Crippen molar-refractivity contribution in [3.05, 3.63) is 82.3 Å². The van der Waals surface area contributed by atoms with Crippen LogP contribution in [0.25, 0.3) is 0 Å². The maximum atomic E-state index is 14.2. The largest absolute Gasteiger partial charge is 0.333 e. The van der Waals surface area contributed by atoms with Gasteiger partial charge in [0.2, 0.25) is 17.7 Å². The smallest absolute Gasteiger partial charge is 0.241 e. The molecule has 0 unspecified atom stereocenters. The van der Waals surface area contributed by atoms with E-state index in [-0.39, 0.29) is 37.2 Å². The van der Waals surface area contributed by atoms with Crippen molar-refractivity contribution in [3.63, 3.8) is 0 Å². The Balaban J connectivity index is 1.48. The van der Waals surface area contributed by atoms with Crippen molar-refractivity contribution in [1.29, 1.82) is 0 Å². The van der Waals surface area contributed by atoms with Crippen LogP contribution in [0.2, 0.25) is 0 Å². The Bertz CT molecular complexity index is 1220. The fourth-order valence-electron chi connectivity index (χ4n) is 4.97. The van der Waals surface area contributed by atoms with Gasteiger partial charge in [-0.3, -0.25) is 24.3 Å². The molecule has 4 heterocycles. The Morgan fingerprint density at radius 1 is 1.21 bits per heavy atom. The molecule has 0 radical (unpaired) electrons. The number of likely N-dealkylation sites (tertiary alicyclic amines) is 2. The zero-order valence-corrected chi connectivity index (χ0v) is 19.2. The van der Waals surface area contributed by atoms with Crippen LogP contribution in [0.15, 0.2) is 60.4 Å². The number of imide groups is 1. The molecule has 1 aromatic carbocycles. The lowest BCUT2D eigenvalue weighted by Gasteiger charge is -2.31. The first kappa shape index (κ1) is 22.3. The van der Waals surface area contributed by atoms with E-state index in [2.05, 4.69) is 9.97 Å². The van der Waals surface area contributed by atoms with E-state index in [4.69, 9.17) is 0 Å². The summed E-state index contributed by atoms with van der Waals surface area (Å²) in [6.07, 6.45) is 6.17. The molecule has 2 fully saturated rings. The van der Waals surface area contributed by atoms with E-state index < -0.39 is 17.1 Å². The number of aromatic nitrogens is 2. The van der Waals surface area contributed by atoms with Crippen LogP contribution >= 0.6 is 11.3 Å². The molecule has 2 atom stereocenters. The predicted molar refractivity (Wildman–Crippen MR) is 123 cm³/mol. The van der Waals surface area contributed by atoms with E-state index in [1.165, 1.54) is 29.5 Å². The molecule has 0 spiro atoms. The quantitative estimate of drug-likeness (QED) is 0.506. The fraction of sp³-hybridized carbons (Fsp3) is 0.320. The van der Waals surface area contributed by atoms with Gasteiger partial charge in [-0.25, -0.2) is 9.37 Å². The van der Waals surface area contributed by atoms with Crippen LogP contribution in [0.1, 0.15) is 47.9 Å². The summed E-state index contributed by atoms with van der Waals surface area (Å²) in [4.78, 5) is 51.8. The van der Waals surface area contributed by atoms with Crippen molar-refractivity contribution >= 4 is 29.1 Å². The predicted octanol–water partition coefficient (Wildman–Crippen LogP) is 3.63. The third kappa shape index (κ3) is 4.00. The zero-order valence-electron chi connectivity index (χ0n) is 18.4. The van der Waals surface area contributed by atoms with Gasteiger partial charge in [0.05, 0.1) is 18.0 Å². The lowest BCUT2D eigenvalue weighted by atomic mass is 9.75. The summed E-state index contributed by atoms with van der Waals surface area (Å²) in [5.41, 5.74) is -0.402. The molecule has 9 heteroatoms. The molecule has 174 valence electrons. The number of carbonyl (C=O) groups is 3. The van der Waals surface area contributed by atoms with Crippen molar-refractivity contribution in [2.45, 2.75) is 43.7 Å². The summed E-state index contributed by atoms with van der Waals surface area (Å²) in [5.74, 6) is -1.61. The Hall–Kier alpha value is -3.46. The van der Waals surface area contributed by atoms with Crippen LogP contribution in [0, 0.1) is 5.82 Å². The Labute approximate surface area is 200 Å². The van der Waals surface area contributed by atoms with Crippen LogP contribution in [-0.2, 0) is 26.3 Å². The first-order valence-corrected chi connectivity index (χ1v) is 12.0. The molecule has 3 aromatic rings. The van der Waals surface area contributed by atoms with Gasteiger partial charge >= 0.3 is 0 Å². The number of carbonyl (C=O) groups excluding carboxylic acids is 3. The van der Waals surface area contributed by atoms with Crippen molar-refractivity contribution in [2.75, 3.05) is 6.54 Å². The molecule has 2 aliphatic heterocycles. The van der Waals surface area contributed by atoms with Crippen LogP contribution in [-0.4, -0.2) is 44.0 Å². The van der Waals surface area contributed by atoms with Gasteiger partial charge in [-0.15, -0.1) is 11.3 Å². The second kappa shape index (κ2) is 9.06. The highest BCUT2D eigenvalue weighted by molar-refractivity contribution is 7.09. The van der Waals surface area contributed by atoms with Crippen molar-refractivity contribution < 1.29 is 18.8 Å². The Morgan fingerprint density at radius 2 is 2.09 bits per heavy atom. The standard InChI is InChI=1S/C25H23FN4O3S/c26-19-6-1-5-18(12-19)25(13-21(31)29-10-3-7-20(29)23-28-9-11-34-23)14-22(32)30(24(25)33)16-17-4-2-8-27-15-17/h1-2,4-6,8-9,11-12,15,20H,3,7,10,13-14,16H2/t20-,25+/m0/s1. The van der Waals surface area contributed by atoms with Crippen LogP contribution in [0.4, 0.5) is 4.39 Å². The van der Waals surface area contributed by atoms with Gasteiger partial charge in [0, 0.05) is 43.4 Å². The van der Waals surface area contributed by atoms with Gasteiger partial charge in [0.15, 0.2) is 0 Å². The summed E-state index contributed by atoms with van der Waals surface area (Å²) < 4.78 is 14.2. The number of thiazole rings is 1. The van der Waals surface area contributed by atoms with E-state index in [0.29, 0.717) is 17.7 Å². The molecule has 2 aromatic heterocycles. The number of pyridine rings is 1. The molecule has 0 saturated carbocycles. The number of hydrogen-bond donors (Lipinski definition) is 0. The first-order chi connectivity index (χ1) is 16.5. The average Bonchev–Trinajstić information content (AvgIpc) is 3.57. The zero-order chi connectivity index (χ0) is 23.7. The third-order valence-electron chi connectivity index (χ3n) is 6.61. The second-order valence-electron chi connectivity index (χ2n) is 8.71. The van der Waals surface area contributed by atoms with Gasteiger partial charge in [-0.1, -0.05) is 18.2 Å².